The second kappa shape index (κ2) is 8.27. The van der Waals surface area contributed by atoms with Crippen molar-refractivity contribution >= 4 is 33.6 Å². The fourth-order valence-corrected chi connectivity index (χ4v) is 3.72. The van der Waals surface area contributed by atoms with E-state index in [-0.39, 0.29) is 17.2 Å². The van der Waals surface area contributed by atoms with E-state index in [1.54, 1.807) is 0 Å². The van der Waals surface area contributed by atoms with E-state index in [1.807, 2.05) is 79.9 Å². The number of thioether (sulfide) groups is 1. The molecule has 2 aromatic carbocycles. The maximum atomic E-state index is 12.2. The number of hydrogen-bond acceptors (Lipinski definition) is 4. The predicted octanol–water partition coefficient (Wildman–Crippen LogP) is 4.70. The number of amides is 1. The van der Waals surface area contributed by atoms with Gasteiger partial charge in [0, 0.05) is 21.3 Å². The Morgan fingerprint density at radius 2 is 1.85 bits per heavy atom. The number of nitrogens with zero attached hydrogens (tertiary/aromatic N) is 3. The second-order valence-electron chi connectivity index (χ2n) is 7.07. The van der Waals surface area contributed by atoms with Crippen LogP contribution in [0.5, 0.6) is 0 Å². The Labute approximate surface area is 171 Å². The van der Waals surface area contributed by atoms with Crippen LogP contribution in [0.2, 0.25) is 0 Å². The highest BCUT2D eigenvalue weighted by atomic mass is 79.9. The first-order valence-electron chi connectivity index (χ1n) is 8.54. The number of benzene rings is 2. The van der Waals surface area contributed by atoms with Crippen LogP contribution in [0.25, 0.3) is 17.1 Å². The van der Waals surface area contributed by atoms with Crippen molar-refractivity contribution in [2.24, 2.45) is 0 Å². The van der Waals surface area contributed by atoms with Gasteiger partial charge in [0.25, 0.3) is 0 Å². The van der Waals surface area contributed by atoms with Crippen molar-refractivity contribution in [3.63, 3.8) is 0 Å². The number of aromatic nitrogens is 3. The van der Waals surface area contributed by atoms with Gasteiger partial charge in [0.15, 0.2) is 11.0 Å². The number of halogens is 1. The van der Waals surface area contributed by atoms with Crippen LogP contribution >= 0.6 is 27.7 Å². The van der Waals surface area contributed by atoms with Gasteiger partial charge in [0.05, 0.1) is 5.75 Å². The lowest BCUT2D eigenvalue weighted by Crippen LogP contribution is -2.41. The van der Waals surface area contributed by atoms with Crippen LogP contribution in [0, 0.1) is 0 Å². The van der Waals surface area contributed by atoms with Crippen LogP contribution in [0.3, 0.4) is 0 Å². The number of rotatable bonds is 5. The number of hydrogen-bond donors (Lipinski definition) is 1. The summed E-state index contributed by atoms with van der Waals surface area (Å²) in [6.07, 6.45) is 0. The van der Waals surface area contributed by atoms with Crippen molar-refractivity contribution < 1.29 is 4.79 Å². The Morgan fingerprint density at radius 3 is 2.52 bits per heavy atom. The predicted molar refractivity (Wildman–Crippen MR) is 113 cm³/mol. The molecule has 0 spiro atoms. The molecule has 1 N–H and O–H groups in total. The summed E-state index contributed by atoms with van der Waals surface area (Å²) in [7, 11) is 0. The second-order valence-corrected chi connectivity index (χ2v) is 8.93. The van der Waals surface area contributed by atoms with Crippen LogP contribution in [0.1, 0.15) is 20.8 Å². The fourth-order valence-electron chi connectivity index (χ4n) is 2.57. The van der Waals surface area contributed by atoms with E-state index in [0.29, 0.717) is 5.16 Å². The van der Waals surface area contributed by atoms with E-state index < -0.39 is 0 Å². The topological polar surface area (TPSA) is 59.8 Å². The summed E-state index contributed by atoms with van der Waals surface area (Å²) in [5, 5.41) is 12.4. The van der Waals surface area contributed by atoms with Crippen LogP contribution in [0.15, 0.2) is 64.2 Å². The Hall–Kier alpha value is -2.12. The average Bonchev–Trinajstić information content (AvgIpc) is 3.03. The zero-order chi connectivity index (χ0) is 19.4. The summed E-state index contributed by atoms with van der Waals surface area (Å²) in [6, 6.07) is 17.9. The molecule has 0 fully saturated rings. The molecule has 0 aliphatic rings. The summed E-state index contributed by atoms with van der Waals surface area (Å²) in [4.78, 5) is 12.2. The molecule has 3 rings (SSSR count). The molecule has 140 valence electrons. The Balaban J connectivity index is 1.94. The summed E-state index contributed by atoms with van der Waals surface area (Å²) in [6.45, 7) is 5.90. The zero-order valence-electron chi connectivity index (χ0n) is 15.4. The SMILES string of the molecule is CC(C)(C)NC(=O)CSc1nnc(-c2cccc(Br)c2)n1-c1ccccc1. The van der Waals surface area contributed by atoms with Crippen LogP contribution in [-0.4, -0.2) is 32.0 Å². The number of carbonyl (C=O) groups excluding carboxylic acids is 1. The largest absolute Gasteiger partial charge is 0.351 e. The molecule has 1 amide bonds. The van der Waals surface area contributed by atoms with Gasteiger partial charge < -0.3 is 5.32 Å². The van der Waals surface area contributed by atoms with Gasteiger partial charge >= 0.3 is 0 Å². The third-order valence-electron chi connectivity index (χ3n) is 3.58. The lowest BCUT2D eigenvalue weighted by molar-refractivity contribution is -0.119. The molecule has 3 aromatic rings. The van der Waals surface area contributed by atoms with Gasteiger partial charge in [-0.2, -0.15) is 0 Å². The van der Waals surface area contributed by atoms with Gasteiger partial charge in [-0.1, -0.05) is 58.0 Å². The Morgan fingerprint density at radius 1 is 1.11 bits per heavy atom. The molecule has 0 aliphatic heterocycles. The molecule has 0 unspecified atom stereocenters. The Kier molecular flexibility index (Phi) is 6.01. The third kappa shape index (κ3) is 5.20. The molecule has 1 heterocycles. The summed E-state index contributed by atoms with van der Waals surface area (Å²) < 4.78 is 2.96. The van der Waals surface area contributed by atoms with Gasteiger partial charge in [-0.15, -0.1) is 10.2 Å². The van der Waals surface area contributed by atoms with Crippen LogP contribution in [-0.2, 0) is 4.79 Å². The van der Waals surface area contributed by atoms with Crippen molar-refractivity contribution in [2.45, 2.75) is 31.5 Å². The molecule has 0 saturated heterocycles. The first kappa shape index (κ1) is 19.6. The quantitative estimate of drug-likeness (QED) is 0.579. The summed E-state index contributed by atoms with van der Waals surface area (Å²) in [5.74, 6) is 0.987. The van der Waals surface area contributed by atoms with Crippen molar-refractivity contribution in [1.29, 1.82) is 0 Å². The normalized spacial score (nSPS) is 11.4. The van der Waals surface area contributed by atoms with Crippen LogP contribution in [0.4, 0.5) is 0 Å². The van der Waals surface area contributed by atoms with Crippen molar-refractivity contribution in [3.05, 3.63) is 59.1 Å². The molecule has 0 radical (unpaired) electrons. The highest BCUT2D eigenvalue weighted by molar-refractivity contribution is 9.10. The lowest BCUT2D eigenvalue weighted by Gasteiger charge is -2.20. The van der Waals surface area contributed by atoms with E-state index in [0.717, 1.165) is 21.5 Å². The van der Waals surface area contributed by atoms with Gasteiger partial charge in [-0.05, 0) is 45.0 Å². The summed E-state index contributed by atoms with van der Waals surface area (Å²) >= 11 is 4.89. The highest BCUT2D eigenvalue weighted by Crippen LogP contribution is 2.29. The van der Waals surface area contributed by atoms with Gasteiger partial charge in [0.2, 0.25) is 5.91 Å². The zero-order valence-corrected chi connectivity index (χ0v) is 17.8. The fraction of sp³-hybridized carbons (Fsp3) is 0.250. The van der Waals surface area contributed by atoms with E-state index in [4.69, 9.17) is 0 Å². The first-order chi connectivity index (χ1) is 12.8. The smallest absolute Gasteiger partial charge is 0.230 e. The molecule has 7 heteroatoms. The monoisotopic (exact) mass is 444 g/mol. The maximum absolute atomic E-state index is 12.2. The van der Waals surface area contributed by atoms with Crippen molar-refractivity contribution in [1.82, 2.24) is 20.1 Å². The molecular weight excluding hydrogens is 424 g/mol. The number of nitrogens with one attached hydrogen (secondary N) is 1. The van der Waals surface area contributed by atoms with Crippen molar-refractivity contribution in [3.8, 4) is 17.1 Å². The van der Waals surface area contributed by atoms with E-state index in [2.05, 4.69) is 31.4 Å². The van der Waals surface area contributed by atoms with E-state index in [1.165, 1.54) is 11.8 Å². The van der Waals surface area contributed by atoms with Crippen molar-refractivity contribution in [2.75, 3.05) is 5.75 Å². The molecule has 0 saturated carbocycles. The average molecular weight is 445 g/mol. The van der Waals surface area contributed by atoms with E-state index in [9.17, 15) is 4.79 Å². The van der Waals surface area contributed by atoms with Gasteiger partial charge in [-0.25, -0.2) is 0 Å². The molecule has 0 atom stereocenters. The van der Waals surface area contributed by atoms with E-state index >= 15 is 0 Å². The molecule has 27 heavy (non-hydrogen) atoms. The van der Waals surface area contributed by atoms with Crippen LogP contribution < -0.4 is 5.32 Å². The van der Waals surface area contributed by atoms with Gasteiger partial charge in [0.1, 0.15) is 0 Å². The minimum absolute atomic E-state index is 0.0286. The molecule has 5 nitrogen and oxygen atoms in total. The first-order valence-corrected chi connectivity index (χ1v) is 10.3. The molecule has 0 bridgehead atoms. The minimum atomic E-state index is -0.258. The lowest BCUT2D eigenvalue weighted by atomic mass is 10.1. The van der Waals surface area contributed by atoms with Gasteiger partial charge in [-0.3, -0.25) is 9.36 Å². The Bertz CT molecular complexity index is 935. The number of para-hydroxylation sites is 1. The molecule has 1 aromatic heterocycles. The minimum Gasteiger partial charge on any atom is -0.351 e. The third-order valence-corrected chi connectivity index (χ3v) is 5.00. The summed E-state index contributed by atoms with van der Waals surface area (Å²) in [5.41, 5.74) is 1.65. The number of carbonyl (C=O) groups is 1. The molecule has 0 aliphatic carbocycles. The molecular formula is C20H21BrN4OS. The highest BCUT2D eigenvalue weighted by Gasteiger charge is 2.19. The maximum Gasteiger partial charge on any atom is 0.230 e. The standard InChI is InChI=1S/C20H21BrN4OS/c1-20(2,3)22-17(26)13-27-19-24-23-18(14-8-7-9-15(21)12-14)25(19)16-10-5-4-6-11-16/h4-12H,13H2,1-3H3,(H,22,26).